The van der Waals surface area contributed by atoms with Gasteiger partial charge in [0.2, 0.25) is 5.69 Å². The lowest BCUT2D eigenvalue weighted by molar-refractivity contribution is -2.00. The van der Waals surface area contributed by atoms with Gasteiger partial charge in [-0.2, -0.15) is 4.58 Å². The average Bonchev–Trinajstić information content (AvgIpc) is 3.49. The molecule has 0 unspecified atom stereocenters. The maximum absolute atomic E-state index is 8.49. The highest BCUT2D eigenvalue weighted by Crippen LogP contribution is 2.51. The van der Waals surface area contributed by atoms with Gasteiger partial charge in [0.15, 0.2) is 5.71 Å². The van der Waals surface area contributed by atoms with E-state index >= 15 is 0 Å². The maximum Gasteiger partial charge on any atom is 0.210 e. The molecule has 2 aliphatic heterocycles. The van der Waals surface area contributed by atoms with Crippen molar-refractivity contribution in [3.8, 4) is 0 Å². The summed E-state index contributed by atoms with van der Waals surface area (Å²) in [7, 11) is -4.94. The molecule has 0 spiro atoms. The van der Waals surface area contributed by atoms with Crippen LogP contribution >= 0.6 is 11.6 Å². The second-order valence-corrected chi connectivity index (χ2v) is 16.8. The molecule has 0 amide bonds. The predicted octanol–water partition coefficient (Wildman–Crippen LogP) is 8.05. The molecule has 0 bridgehead atoms. The van der Waals surface area contributed by atoms with E-state index in [1.165, 1.54) is 79.4 Å². The summed E-state index contributed by atoms with van der Waals surface area (Å²) in [6.45, 7) is 16.2. The summed E-state index contributed by atoms with van der Waals surface area (Å²) in [5.41, 5.74) is 10.6. The van der Waals surface area contributed by atoms with Gasteiger partial charge in [-0.25, -0.2) is 18.6 Å². The summed E-state index contributed by atoms with van der Waals surface area (Å²) in [5, 5.41) is 6.28. The molecule has 284 valence electrons. The molecule has 6 nitrogen and oxygen atoms in total. The highest BCUT2D eigenvalue weighted by atomic mass is 35.7. The molecule has 8 heteroatoms. The largest absolute Gasteiger partial charge is 0.344 e. The second kappa shape index (κ2) is 16.2. The lowest BCUT2D eigenvalue weighted by atomic mass is 9.78. The van der Waals surface area contributed by atoms with E-state index in [4.69, 9.17) is 30.2 Å². The molecule has 0 atom stereocenters. The number of nitrogens with zero attached hydrogens (tertiary/aromatic N) is 2. The minimum absolute atomic E-state index is 0.111. The molecule has 0 saturated carbocycles. The van der Waals surface area contributed by atoms with Crippen LogP contribution in [0.1, 0.15) is 97.6 Å². The Morgan fingerprint density at radius 3 is 2.00 bits per heavy atom. The van der Waals surface area contributed by atoms with Crippen LogP contribution in [0.2, 0.25) is 0 Å². The van der Waals surface area contributed by atoms with Crippen LogP contribution in [-0.2, 0) is 10.8 Å². The molecule has 0 saturated heterocycles. The Hall–Kier alpha value is -3.75. The van der Waals surface area contributed by atoms with Gasteiger partial charge in [-0.05, 0) is 96.0 Å². The number of benzene rings is 4. The third-order valence-corrected chi connectivity index (χ3v) is 11.8. The lowest BCUT2D eigenvalue weighted by Crippen LogP contribution is -2.68. The Bertz CT molecular complexity index is 2200. The van der Waals surface area contributed by atoms with E-state index in [9.17, 15) is 0 Å². The van der Waals surface area contributed by atoms with Crippen molar-refractivity contribution in [3.05, 3.63) is 130 Å². The summed E-state index contributed by atoms with van der Waals surface area (Å²) in [4.78, 5) is 2.58. The van der Waals surface area contributed by atoms with E-state index in [1.807, 2.05) is 0 Å². The standard InChI is InChI=1S/C46H52ClN2.ClHO4/c1-7-9-30-48-38-26-22-32-16-11-13-20-36(32)42(38)45(3,4)40(48)28-24-34-18-15-19-35(44(34)47)25-29-41-46(5,6)43-37-21-14-12-17-33(37)23-27-39(43)49(41)31-10-8-2;2-1(3,4)5/h11-14,16-17,20-29H,7-10,15,18-19,30-31H2,1-6H3;(H,2,3,4,5)/q+1;/p-1. The van der Waals surface area contributed by atoms with Gasteiger partial charge in [0, 0.05) is 52.5 Å². The summed E-state index contributed by atoms with van der Waals surface area (Å²) < 4.78 is 36.6. The molecule has 7 rings (SSSR count). The van der Waals surface area contributed by atoms with Crippen LogP contribution in [0.5, 0.6) is 0 Å². The van der Waals surface area contributed by atoms with Gasteiger partial charge in [-0.3, -0.25) is 0 Å². The topological polar surface area (TPSA) is 98.5 Å². The summed E-state index contributed by atoms with van der Waals surface area (Å²) in [5.74, 6) is 0. The number of rotatable bonds is 9. The van der Waals surface area contributed by atoms with E-state index in [1.54, 1.807) is 0 Å². The van der Waals surface area contributed by atoms with E-state index < -0.39 is 10.2 Å². The van der Waals surface area contributed by atoms with Gasteiger partial charge in [-0.15, -0.1) is 10.2 Å². The van der Waals surface area contributed by atoms with Crippen LogP contribution in [-0.4, -0.2) is 23.4 Å². The van der Waals surface area contributed by atoms with Crippen molar-refractivity contribution in [3.63, 3.8) is 0 Å². The molecule has 0 aromatic heterocycles. The van der Waals surface area contributed by atoms with E-state index in [0.29, 0.717) is 0 Å². The molecule has 54 heavy (non-hydrogen) atoms. The third-order valence-electron chi connectivity index (χ3n) is 11.3. The minimum atomic E-state index is -4.94. The number of anilines is 1. The van der Waals surface area contributed by atoms with Gasteiger partial charge in [-0.1, -0.05) is 119 Å². The number of unbranched alkanes of at least 4 members (excludes halogenated alkanes) is 2. The Balaban J connectivity index is 0.000000934. The molecule has 4 aromatic carbocycles. The van der Waals surface area contributed by atoms with Gasteiger partial charge < -0.3 is 4.90 Å². The first-order chi connectivity index (χ1) is 25.7. The smallest absolute Gasteiger partial charge is 0.210 e. The second-order valence-electron chi connectivity index (χ2n) is 15.7. The Morgan fingerprint density at radius 2 is 1.35 bits per heavy atom. The van der Waals surface area contributed by atoms with Crippen molar-refractivity contribution in [2.75, 3.05) is 18.0 Å². The van der Waals surface area contributed by atoms with Crippen LogP contribution in [0, 0.1) is 10.2 Å². The minimum Gasteiger partial charge on any atom is -0.344 e. The van der Waals surface area contributed by atoms with Crippen LogP contribution in [0.3, 0.4) is 0 Å². The Morgan fingerprint density at radius 1 is 0.741 bits per heavy atom. The number of hydrogen-bond donors (Lipinski definition) is 0. The average molecular weight is 768 g/mol. The Labute approximate surface area is 327 Å². The highest BCUT2D eigenvalue weighted by Gasteiger charge is 2.45. The molecule has 0 N–H and O–H groups in total. The quantitative estimate of drug-likeness (QED) is 0.161. The fraction of sp³-hybridized carbons (Fsp3) is 0.370. The van der Waals surface area contributed by atoms with Crippen molar-refractivity contribution >= 4 is 50.2 Å². The van der Waals surface area contributed by atoms with Gasteiger partial charge >= 0.3 is 0 Å². The van der Waals surface area contributed by atoms with Crippen LogP contribution in [0.25, 0.3) is 21.5 Å². The fourth-order valence-corrected chi connectivity index (χ4v) is 9.07. The fourth-order valence-electron chi connectivity index (χ4n) is 8.75. The maximum atomic E-state index is 8.49. The number of fused-ring (bicyclic) bond motifs is 6. The monoisotopic (exact) mass is 766 g/mol. The highest BCUT2D eigenvalue weighted by molar-refractivity contribution is 6.32. The Kier molecular flexibility index (Phi) is 11.9. The van der Waals surface area contributed by atoms with Gasteiger partial charge in [0.1, 0.15) is 6.54 Å². The summed E-state index contributed by atoms with van der Waals surface area (Å²) in [6.07, 6.45) is 17.2. The zero-order valence-corrected chi connectivity index (χ0v) is 33.9. The molecule has 2 heterocycles. The third kappa shape index (κ3) is 7.97. The van der Waals surface area contributed by atoms with Crippen molar-refractivity contribution < 1.29 is 33.5 Å². The number of halogens is 2. The molecule has 0 fully saturated rings. The summed E-state index contributed by atoms with van der Waals surface area (Å²) in [6, 6.07) is 27.0. The first-order valence-electron chi connectivity index (χ1n) is 19.3. The van der Waals surface area contributed by atoms with Gasteiger partial charge in [0.05, 0.1) is 5.41 Å². The molecule has 1 aliphatic carbocycles. The van der Waals surface area contributed by atoms with E-state index in [0.717, 1.165) is 50.2 Å². The molecule has 3 aliphatic rings. The van der Waals surface area contributed by atoms with Crippen LogP contribution in [0.4, 0.5) is 11.4 Å². The van der Waals surface area contributed by atoms with Crippen LogP contribution < -0.4 is 23.5 Å². The summed E-state index contributed by atoms with van der Waals surface area (Å²) >= 11 is 7.33. The van der Waals surface area contributed by atoms with E-state index in [2.05, 4.69) is 148 Å². The molecular weight excluding hydrogens is 715 g/mol. The zero-order chi connectivity index (χ0) is 38.8. The molecule has 4 aromatic rings. The lowest BCUT2D eigenvalue weighted by Gasteiger charge is -2.27. The van der Waals surface area contributed by atoms with E-state index in [-0.39, 0.29) is 10.8 Å². The van der Waals surface area contributed by atoms with Crippen molar-refractivity contribution in [2.45, 2.75) is 97.3 Å². The number of hydrogen-bond acceptors (Lipinski definition) is 5. The SMILES string of the molecule is CCCCN1/C(=C/C=C2\CCCC(C=CC3=[N+](CCCC)c4ccc5ccccc5c4C3(C)C)=C2Cl)C(C)(C)c2c1ccc1ccccc21.[O-][Cl+3]([O-])([O-])[O-]. The van der Waals surface area contributed by atoms with Crippen molar-refractivity contribution in [1.29, 1.82) is 0 Å². The van der Waals surface area contributed by atoms with Crippen molar-refractivity contribution in [1.82, 2.24) is 0 Å². The predicted molar refractivity (Wildman–Crippen MR) is 213 cm³/mol. The molecule has 0 radical (unpaired) electrons. The normalized spacial score (nSPS) is 19.4. The molecular formula is C46H52Cl2N2O4. The van der Waals surface area contributed by atoms with Crippen molar-refractivity contribution in [2.24, 2.45) is 0 Å². The first kappa shape index (κ1) is 39.9. The van der Waals surface area contributed by atoms with Crippen LogP contribution in [0.15, 0.2) is 119 Å². The number of allylic oxidation sites excluding steroid dienone is 8. The zero-order valence-electron chi connectivity index (χ0n) is 32.4. The first-order valence-corrected chi connectivity index (χ1v) is 20.9. The van der Waals surface area contributed by atoms with Gasteiger partial charge in [0.25, 0.3) is 0 Å².